The van der Waals surface area contributed by atoms with Gasteiger partial charge in [-0.1, -0.05) is 35.8 Å². The van der Waals surface area contributed by atoms with Crippen LogP contribution in [0.2, 0.25) is 10.0 Å². The molecule has 1 aliphatic rings. The van der Waals surface area contributed by atoms with Gasteiger partial charge in [0.25, 0.3) is 0 Å². The molecule has 2 N–H and O–H groups in total. The molecule has 2 aromatic carbocycles. The number of nitrogens with one attached hydrogen (secondary N) is 2. The lowest BCUT2D eigenvalue weighted by Crippen LogP contribution is -2.36. The van der Waals surface area contributed by atoms with Gasteiger partial charge in [-0.15, -0.1) is 0 Å². The number of benzene rings is 2. The summed E-state index contributed by atoms with van der Waals surface area (Å²) in [4.78, 5) is 9.33. The number of imidazole rings is 1. The van der Waals surface area contributed by atoms with Crippen molar-refractivity contribution in [2.24, 2.45) is 10.9 Å². The molecule has 1 fully saturated rings. The van der Waals surface area contributed by atoms with Crippen molar-refractivity contribution in [2.45, 2.75) is 26.3 Å². The van der Waals surface area contributed by atoms with Crippen LogP contribution in [0.25, 0.3) is 24.2 Å². The van der Waals surface area contributed by atoms with Gasteiger partial charge in [-0.25, -0.2) is 14.4 Å². The average molecular weight is 486 g/mol. The highest BCUT2D eigenvalue weighted by atomic mass is 35.5. The molecule has 0 spiro atoms. The summed E-state index contributed by atoms with van der Waals surface area (Å²) >= 11 is 13.0. The highest BCUT2D eigenvalue weighted by molar-refractivity contribution is 6.39. The Hall–Kier alpha value is -2.67. The van der Waals surface area contributed by atoms with Crippen molar-refractivity contribution in [3.63, 3.8) is 0 Å². The normalized spacial score (nSPS) is 17.4. The Morgan fingerprint density at radius 2 is 2.00 bits per heavy atom. The second kappa shape index (κ2) is 10.5. The number of aliphatic imine (C=N–C) groups is 1. The highest BCUT2D eigenvalue weighted by Crippen LogP contribution is 2.33. The van der Waals surface area contributed by atoms with Gasteiger partial charge in [-0.3, -0.25) is 0 Å². The molecular formula is C25H26Cl2FN5. The van der Waals surface area contributed by atoms with Crippen LogP contribution in [0.3, 0.4) is 0 Å². The van der Waals surface area contributed by atoms with Crippen LogP contribution in [0.1, 0.15) is 19.8 Å². The van der Waals surface area contributed by atoms with Crippen molar-refractivity contribution < 1.29 is 4.39 Å². The van der Waals surface area contributed by atoms with Crippen molar-refractivity contribution in [3.05, 3.63) is 69.0 Å². The van der Waals surface area contributed by atoms with E-state index in [-0.39, 0.29) is 5.82 Å². The topological polar surface area (TPSA) is 54.2 Å². The van der Waals surface area contributed by atoms with E-state index in [9.17, 15) is 4.39 Å². The predicted molar refractivity (Wildman–Crippen MR) is 136 cm³/mol. The lowest BCUT2D eigenvalue weighted by atomic mass is 9.99. The molecular weight excluding hydrogens is 460 g/mol. The third-order valence-electron chi connectivity index (χ3n) is 5.68. The zero-order chi connectivity index (χ0) is 23.4. The molecule has 1 unspecified atom stereocenters. The number of halogens is 3. The first-order valence-corrected chi connectivity index (χ1v) is 11.7. The van der Waals surface area contributed by atoms with E-state index < -0.39 is 0 Å². The third-order valence-corrected chi connectivity index (χ3v) is 6.31. The fourth-order valence-electron chi connectivity index (χ4n) is 3.98. The van der Waals surface area contributed by atoms with Crippen molar-refractivity contribution in [3.8, 4) is 11.4 Å². The van der Waals surface area contributed by atoms with E-state index in [2.05, 4.69) is 26.8 Å². The summed E-state index contributed by atoms with van der Waals surface area (Å²) in [7, 11) is 0. The molecule has 1 aromatic heterocycles. The van der Waals surface area contributed by atoms with Gasteiger partial charge in [0.15, 0.2) is 0 Å². The van der Waals surface area contributed by atoms with E-state index >= 15 is 0 Å². The smallest absolute Gasteiger partial charge is 0.144 e. The fourth-order valence-corrected chi connectivity index (χ4v) is 4.54. The van der Waals surface area contributed by atoms with Gasteiger partial charge in [0.05, 0.1) is 27.2 Å². The summed E-state index contributed by atoms with van der Waals surface area (Å²) in [6, 6.07) is 11.6. The second-order valence-corrected chi connectivity index (χ2v) is 8.98. The SMILES string of the molecule is C=c1/c(=C\N=C(C)Nc2ccc(F)cc2)nc(-c2c(Cl)cccc2Cl)n1CC1CCCNC1. The van der Waals surface area contributed by atoms with E-state index in [4.69, 9.17) is 28.2 Å². The van der Waals surface area contributed by atoms with Crippen LogP contribution in [-0.4, -0.2) is 28.5 Å². The minimum Gasteiger partial charge on any atom is -0.344 e. The molecule has 0 radical (unpaired) electrons. The molecule has 1 atom stereocenters. The maximum absolute atomic E-state index is 13.1. The molecule has 0 aliphatic carbocycles. The van der Waals surface area contributed by atoms with Crippen LogP contribution in [0.15, 0.2) is 47.5 Å². The molecule has 4 rings (SSSR count). The summed E-state index contributed by atoms with van der Waals surface area (Å²) in [5.74, 6) is 1.51. The van der Waals surface area contributed by atoms with Crippen LogP contribution in [-0.2, 0) is 6.54 Å². The van der Waals surface area contributed by atoms with Crippen LogP contribution < -0.4 is 21.3 Å². The molecule has 0 amide bonds. The number of aromatic nitrogens is 2. The Labute approximate surface area is 202 Å². The number of hydrogen-bond acceptors (Lipinski definition) is 3. The number of amidine groups is 1. The maximum atomic E-state index is 13.1. The van der Waals surface area contributed by atoms with Crippen LogP contribution in [0, 0.1) is 11.7 Å². The lowest BCUT2D eigenvalue weighted by molar-refractivity contribution is 0.336. The van der Waals surface area contributed by atoms with Crippen molar-refractivity contribution in [1.82, 2.24) is 14.9 Å². The predicted octanol–water partition coefficient (Wildman–Crippen LogP) is 4.67. The standard InChI is InChI=1S/C25H26Cl2FN5/c1-16-23(14-30-17(2)31-20-10-8-19(28)9-11-20)32-25(24-21(26)6-3-7-22(24)27)33(16)15-18-5-4-12-29-13-18/h3,6-11,14,18,29H,1,4-5,12-13,15H2,2H3,(H,30,31)/b23-14+. The second-order valence-electron chi connectivity index (χ2n) is 8.16. The number of hydrogen-bond donors (Lipinski definition) is 2. The van der Waals surface area contributed by atoms with Crippen molar-refractivity contribution in [2.75, 3.05) is 18.4 Å². The van der Waals surface area contributed by atoms with Gasteiger partial charge in [0, 0.05) is 12.2 Å². The number of piperidine rings is 1. The molecule has 1 aliphatic heterocycles. The fraction of sp³-hybridized carbons (Fsp3) is 0.280. The molecule has 8 heteroatoms. The number of anilines is 1. The van der Waals surface area contributed by atoms with Gasteiger partial charge in [0.1, 0.15) is 22.8 Å². The van der Waals surface area contributed by atoms with E-state index in [1.165, 1.54) is 12.1 Å². The molecule has 5 nitrogen and oxygen atoms in total. The van der Waals surface area contributed by atoms with Crippen molar-refractivity contribution in [1.29, 1.82) is 0 Å². The van der Waals surface area contributed by atoms with Crippen LogP contribution >= 0.6 is 23.2 Å². The lowest BCUT2D eigenvalue weighted by Gasteiger charge is -2.24. The summed E-state index contributed by atoms with van der Waals surface area (Å²) in [5.41, 5.74) is 1.44. The first-order valence-electron chi connectivity index (χ1n) is 10.9. The summed E-state index contributed by atoms with van der Waals surface area (Å²) in [5, 5.41) is 9.09. The van der Waals surface area contributed by atoms with E-state index in [0.717, 1.165) is 43.5 Å². The quantitative estimate of drug-likeness (QED) is 0.407. The molecule has 33 heavy (non-hydrogen) atoms. The minimum atomic E-state index is -0.284. The zero-order valence-electron chi connectivity index (χ0n) is 18.4. The van der Waals surface area contributed by atoms with Crippen LogP contribution in [0.4, 0.5) is 10.1 Å². The van der Waals surface area contributed by atoms with E-state index in [1.54, 1.807) is 18.3 Å². The molecule has 0 saturated carbocycles. The molecule has 172 valence electrons. The first-order chi connectivity index (χ1) is 15.9. The van der Waals surface area contributed by atoms with Gasteiger partial charge < -0.3 is 15.2 Å². The van der Waals surface area contributed by atoms with Gasteiger partial charge >= 0.3 is 0 Å². The van der Waals surface area contributed by atoms with Gasteiger partial charge in [-0.05, 0) is 75.2 Å². The Balaban J connectivity index is 1.72. The van der Waals surface area contributed by atoms with Crippen LogP contribution in [0.5, 0.6) is 0 Å². The number of rotatable bonds is 5. The minimum absolute atomic E-state index is 0.284. The number of nitrogens with zero attached hydrogens (tertiary/aromatic N) is 3. The van der Waals surface area contributed by atoms with E-state index in [0.29, 0.717) is 38.5 Å². The maximum Gasteiger partial charge on any atom is 0.144 e. The summed E-state index contributed by atoms with van der Waals surface area (Å²) < 4.78 is 15.2. The summed E-state index contributed by atoms with van der Waals surface area (Å²) in [6.45, 7) is 8.89. The largest absolute Gasteiger partial charge is 0.344 e. The Bertz CT molecular complexity index is 1240. The van der Waals surface area contributed by atoms with E-state index in [1.807, 2.05) is 25.1 Å². The molecule has 2 heterocycles. The third kappa shape index (κ3) is 5.64. The Morgan fingerprint density at radius 1 is 1.27 bits per heavy atom. The van der Waals surface area contributed by atoms with Gasteiger partial charge in [-0.2, -0.15) is 0 Å². The molecule has 1 saturated heterocycles. The Kier molecular flexibility index (Phi) is 7.48. The average Bonchev–Trinajstić information content (AvgIpc) is 3.10. The Morgan fingerprint density at radius 3 is 2.67 bits per heavy atom. The summed E-state index contributed by atoms with van der Waals surface area (Å²) in [6.07, 6.45) is 3.96. The first kappa shape index (κ1) is 23.5. The zero-order valence-corrected chi connectivity index (χ0v) is 19.9. The van der Waals surface area contributed by atoms with Gasteiger partial charge in [0.2, 0.25) is 0 Å². The highest BCUT2D eigenvalue weighted by Gasteiger charge is 2.20. The van der Waals surface area contributed by atoms with Crippen molar-refractivity contribution >= 4 is 47.5 Å². The monoisotopic (exact) mass is 485 g/mol. The molecule has 3 aromatic rings. The molecule has 0 bridgehead atoms.